The zero-order valence-electron chi connectivity index (χ0n) is 14.3. The number of rotatable bonds is 6. The molecule has 0 bridgehead atoms. The molecule has 0 spiro atoms. The molecule has 0 saturated carbocycles. The Kier molecular flexibility index (Phi) is 5.89. The van der Waals surface area contributed by atoms with E-state index in [4.69, 9.17) is 17.3 Å². The number of nitrogens with two attached hydrogens (primary N) is 1. The summed E-state index contributed by atoms with van der Waals surface area (Å²) in [7, 11) is 0. The quantitative estimate of drug-likeness (QED) is 0.525. The molecule has 1 saturated heterocycles. The molecular formula is C17H22ClN3O4. The van der Waals surface area contributed by atoms with E-state index in [0.29, 0.717) is 42.6 Å². The fourth-order valence-corrected chi connectivity index (χ4v) is 3.38. The lowest BCUT2D eigenvalue weighted by Gasteiger charge is -2.26. The van der Waals surface area contributed by atoms with Crippen LogP contribution in [0.4, 0.5) is 11.4 Å². The van der Waals surface area contributed by atoms with Gasteiger partial charge in [0, 0.05) is 30.3 Å². The molecule has 8 heteroatoms. The smallest absolute Gasteiger partial charge is 0.337 e. The van der Waals surface area contributed by atoms with Gasteiger partial charge in [0.05, 0.1) is 11.3 Å². The lowest BCUT2D eigenvalue weighted by Crippen LogP contribution is -2.34. The Morgan fingerprint density at radius 1 is 1.48 bits per heavy atom. The van der Waals surface area contributed by atoms with Gasteiger partial charge in [-0.1, -0.05) is 0 Å². The minimum atomic E-state index is -1.13. The topological polar surface area (TPSA) is 113 Å². The Morgan fingerprint density at radius 3 is 2.72 bits per heavy atom. The van der Waals surface area contributed by atoms with E-state index < -0.39 is 11.9 Å². The van der Waals surface area contributed by atoms with Gasteiger partial charge in [-0.05, 0) is 38.3 Å². The number of likely N-dealkylation sites (N-methyl/N-ethyl adjacent to an activating group) is 1. The molecule has 0 aromatic heterocycles. The van der Waals surface area contributed by atoms with Crippen LogP contribution in [0.1, 0.15) is 41.3 Å². The van der Waals surface area contributed by atoms with Crippen molar-refractivity contribution in [1.29, 1.82) is 0 Å². The van der Waals surface area contributed by atoms with Crippen molar-refractivity contribution in [2.24, 2.45) is 0 Å². The first-order valence-electron chi connectivity index (χ1n) is 8.10. The highest BCUT2D eigenvalue weighted by molar-refractivity contribution is 6.29. The van der Waals surface area contributed by atoms with Gasteiger partial charge in [0.2, 0.25) is 11.8 Å². The fourth-order valence-electron chi connectivity index (χ4n) is 3.31. The summed E-state index contributed by atoms with van der Waals surface area (Å²) in [6.07, 6.45) is 1.51. The number of halogens is 1. The third-order valence-corrected chi connectivity index (χ3v) is 4.76. The summed E-state index contributed by atoms with van der Waals surface area (Å²) >= 11 is 5.57. The molecule has 2 rings (SSSR count). The fraction of sp³-hybridized carbons (Fsp3) is 0.471. The molecule has 25 heavy (non-hydrogen) atoms. The maximum absolute atomic E-state index is 12.0. The number of hydrogen-bond donors (Lipinski definition) is 3. The van der Waals surface area contributed by atoms with Crippen molar-refractivity contribution >= 4 is 40.8 Å². The molecule has 0 radical (unpaired) electrons. The molecule has 0 aliphatic carbocycles. The zero-order chi connectivity index (χ0) is 18.7. The number of alkyl halides is 1. The highest BCUT2D eigenvalue weighted by Crippen LogP contribution is 2.34. The summed E-state index contributed by atoms with van der Waals surface area (Å²) in [6, 6.07) is 1.36. The van der Waals surface area contributed by atoms with Gasteiger partial charge in [0.1, 0.15) is 5.88 Å². The lowest BCUT2D eigenvalue weighted by molar-refractivity contribution is -0.128. The van der Waals surface area contributed by atoms with Crippen LogP contribution in [-0.4, -0.2) is 46.3 Å². The number of carboxylic acids is 1. The molecule has 1 aromatic rings. The Bertz CT molecular complexity index is 720. The second kappa shape index (κ2) is 7.74. The summed E-state index contributed by atoms with van der Waals surface area (Å²) in [4.78, 5) is 36.9. The molecule has 7 nitrogen and oxygen atoms in total. The van der Waals surface area contributed by atoms with Crippen molar-refractivity contribution in [2.45, 2.75) is 39.2 Å². The monoisotopic (exact) mass is 367 g/mol. The van der Waals surface area contributed by atoms with Crippen LogP contribution in [-0.2, 0) is 16.0 Å². The number of hydrogen-bond acceptors (Lipinski definition) is 4. The van der Waals surface area contributed by atoms with E-state index in [-0.39, 0.29) is 29.1 Å². The van der Waals surface area contributed by atoms with Gasteiger partial charge < -0.3 is 21.1 Å². The Labute approximate surface area is 151 Å². The number of nitrogen functional groups attached to an aromatic ring is 1. The van der Waals surface area contributed by atoms with Crippen LogP contribution in [0.5, 0.6) is 0 Å². The van der Waals surface area contributed by atoms with Crippen molar-refractivity contribution in [3.63, 3.8) is 0 Å². The standard InChI is InChI=1S/C17H22ClN3O4/c1-3-21-10(4-5-14(21)23)7-11-15(19)12(17(24)25)6-9(2)16(11)20-13(22)8-18/h6,10H,3-5,7-8,19H2,1-2H3,(H,20,22)(H,24,25). The van der Waals surface area contributed by atoms with E-state index in [9.17, 15) is 19.5 Å². The summed E-state index contributed by atoms with van der Waals surface area (Å²) in [5.74, 6) is -1.68. The van der Waals surface area contributed by atoms with E-state index >= 15 is 0 Å². The summed E-state index contributed by atoms with van der Waals surface area (Å²) in [5, 5.41) is 12.1. The average molecular weight is 368 g/mol. The first-order valence-corrected chi connectivity index (χ1v) is 8.64. The van der Waals surface area contributed by atoms with Crippen molar-refractivity contribution in [2.75, 3.05) is 23.5 Å². The minimum Gasteiger partial charge on any atom is -0.478 e. The summed E-state index contributed by atoms with van der Waals surface area (Å²) < 4.78 is 0. The second-order valence-corrected chi connectivity index (χ2v) is 6.34. The second-order valence-electron chi connectivity index (χ2n) is 6.07. The third kappa shape index (κ3) is 3.87. The Hall–Kier alpha value is -2.28. The molecule has 2 amide bonds. The van der Waals surface area contributed by atoms with Crippen molar-refractivity contribution < 1.29 is 19.5 Å². The molecule has 1 aliphatic rings. The zero-order valence-corrected chi connectivity index (χ0v) is 15.0. The van der Waals surface area contributed by atoms with Crippen LogP contribution in [0.3, 0.4) is 0 Å². The van der Waals surface area contributed by atoms with Crippen LogP contribution in [0, 0.1) is 6.92 Å². The molecule has 1 fully saturated rings. The largest absolute Gasteiger partial charge is 0.478 e. The number of anilines is 2. The van der Waals surface area contributed by atoms with E-state index in [0.717, 1.165) is 0 Å². The van der Waals surface area contributed by atoms with Crippen molar-refractivity contribution in [1.82, 2.24) is 4.90 Å². The number of carboxylic acid groups (broad SMARTS) is 1. The van der Waals surface area contributed by atoms with Crippen LogP contribution in [0.15, 0.2) is 6.07 Å². The van der Waals surface area contributed by atoms with Crippen LogP contribution in [0.2, 0.25) is 0 Å². The number of benzene rings is 1. The van der Waals surface area contributed by atoms with E-state index in [1.54, 1.807) is 11.8 Å². The number of amides is 2. The van der Waals surface area contributed by atoms with Gasteiger partial charge in [0.15, 0.2) is 0 Å². The molecule has 1 atom stereocenters. The summed E-state index contributed by atoms with van der Waals surface area (Å²) in [6.45, 7) is 4.18. The van der Waals surface area contributed by atoms with E-state index in [1.165, 1.54) is 6.07 Å². The maximum atomic E-state index is 12.0. The predicted molar refractivity (Wildman–Crippen MR) is 96.0 cm³/mol. The molecule has 1 heterocycles. The third-order valence-electron chi connectivity index (χ3n) is 4.52. The average Bonchev–Trinajstić information content (AvgIpc) is 2.92. The molecule has 1 aromatic carbocycles. The number of likely N-dealkylation sites (tertiary alicyclic amines) is 1. The Balaban J connectivity index is 2.50. The number of aromatic carboxylic acids is 1. The van der Waals surface area contributed by atoms with Gasteiger partial charge in [-0.2, -0.15) is 0 Å². The molecule has 4 N–H and O–H groups in total. The van der Waals surface area contributed by atoms with Gasteiger partial charge in [-0.25, -0.2) is 4.79 Å². The molecule has 1 unspecified atom stereocenters. The van der Waals surface area contributed by atoms with Crippen molar-refractivity contribution in [3.8, 4) is 0 Å². The lowest BCUT2D eigenvalue weighted by atomic mass is 9.94. The summed E-state index contributed by atoms with van der Waals surface area (Å²) in [5.41, 5.74) is 7.80. The minimum absolute atomic E-state index is 0.0104. The van der Waals surface area contributed by atoms with Gasteiger partial charge in [0.25, 0.3) is 0 Å². The van der Waals surface area contributed by atoms with Crippen LogP contribution < -0.4 is 11.1 Å². The molecular weight excluding hydrogens is 346 g/mol. The van der Waals surface area contributed by atoms with Gasteiger partial charge >= 0.3 is 5.97 Å². The highest BCUT2D eigenvalue weighted by Gasteiger charge is 2.31. The number of nitrogens with zero attached hydrogens (tertiary/aromatic N) is 1. The number of nitrogens with one attached hydrogen (secondary N) is 1. The normalized spacial score (nSPS) is 17.0. The number of carbonyl (C=O) groups is 3. The Morgan fingerprint density at radius 2 is 2.16 bits per heavy atom. The molecule has 136 valence electrons. The van der Waals surface area contributed by atoms with Gasteiger partial charge in [-0.15, -0.1) is 11.6 Å². The first kappa shape index (κ1) is 19.1. The number of carbonyl (C=O) groups excluding carboxylic acids is 2. The van der Waals surface area contributed by atoms with Crippen LogP contribution in [0.25, 0.3) is 0 Å². The molecule has 1 aliphatic heterocycles. The number of aryl methyl sites for hydroxylation is 1. The van der Waals surface area contributed by atoms with Gasteiger partial charge in [-0.3, -0.25) is 9.59 Å². The highest BCUT2D eigenvalue weighted by atomic mass is 35.5. The van der Waals surface area contributed by atoms with E-state index in [1.807, 2.05) is 6.92 Å². The van der Waals surface area contributed by atoms with Crippen molar-refractivity contribution in [3.05, 3.63) is 22.8 Å². The van der Waals surface area contributed by atoms with E-state index in [2.05, 4.69) is 5.32 Å². The van der Waals surface area contributed by atoms with Crippen LogP contribution >= 0.6 is 11.6 Å². The maximum Gasteiger partial charge on any atom is 0.337 e. The predicted octanol–water partition coefficient (Wildman–Crippen LogP) is 2.01. The first-order chi connectivity index (χ1) is 11.8. The SMILES string of the molecule is CCN1C(=O)CCC1Cc1c(N)c(C(=O)O)cc(C)c1NC(=O)CCl.